The largest absolute Gasteiger partial charge is 0.493 e. The SMILES string of the molecule is O=C(CCN1C(=O)[C@@H]2CCCC[C@H]2C1=O)N1CC[NH+](Cc2ccc3c(c2)CCO3)CC1. The van der Waals surface area contributed by atoms with Crippen molar-refractivity contribution in [3.8, 4) is 5.75 Å². The lowest BCUT2D eigenvalue weighted by atomic mass is 9.81. The Bertz CT molecular complexity index is 854. The molecule has 0 aromatic heterocycles. The number of likely N-dealkylation sites (tertiary alicyclic amines) is 1. The van der Waals surface area contributed by atoms with Gasteiger partial charge in [-0.05, 0) is 36.6 Å². The predicted octanol–water partition coefficient (Wildman–Crippen LogP) is 0.414. The van der Waals surface area contributed by atoms with Crippen molar-refractivity contribution in [1.82, 2.24) is 9.80 Å². The third kappa shape index (κ3) is 4.07. The Labute approximate surface area is 183 Å². The van der Waals surface area contributed by atoms with Crippen LogP contribution in [0.5, 0.6) is 5.75 Å². The molecule has 1 aliphatic carbocycles. The molecule has 1 saturated carbocycles. The zero-order chi connectivity index (χ0) is 21.4. The van der Waals surface area contributed by atoms with Crippen LogP contribution in [0.4, 0.5) is 0 Å². The summed E-state index contributed by atoms with van der Waals surface area (Å²) in [4.78, 5) is 42.7. The summed E-state index contributed by atoms with van der Waals surface area (Å²) in [6.07, 6.45) is 4.93. The summed E-state index contributed by atoms with van der Waals surface area (Å²) < 4.78 is 5.59. The molecule has 0 radical (unpaired) electrons. The van der Waals surface area contributed by atoms with E-state index in [2.05, 4.69) is 18.2 Å². The molecule has 1 N–H and O–H groups in total. The van der Waals surface area contributed by atoms with Crippen LogP contribution in [0.1, 0.15) is 43.2 Å². The van der Waals surface area contributed by atoms with Crippen molar-refractivity contribution in [2.75, 3.05) is 39.3 Å². The van der Waals surface area contributed by atoms with E-state index >= 15 is 0 Å². The van der Waals surface area contributed by atoms with Gasteiger partial charge in [-0.1, -0.05) is 12.8 Å². The van der Waals surface area contributed by atoms with Gasteiger partial charge in [0.2, 0.25) is 17.7 Å². The summed E-state index contributed by atoms with van der Waals surface area (Å²) in [5.74, 6) is 0.726. The highest BCUT2D eigenvalue weighted by molar-refractivity contribution is 6.05. The number of piperazine rings is 1. The van der Waals surface area contributed by atoms with Gasteiger partial charge in [0, 0.05) is 24.9 Å². The van der Waals surface area contributed by atoms with E-state index in [1.807, 2.05) is 4.90 Å². The van der Waals surface area contributed by atoms with Crippen molar-refractivity contribution in [2.45, 2.75) is 45.1 Å². The standard InChI is InChI=1S/C24H31N3O4/c28-22(7-9-27-23(29)19-3-1-2-4-20(19)24(27)30)26-12-10-25(11-13-26)16-17-5-6-21-18(15-17)8-14-31-21/h5-6,15,19-20H,1-4,7-14,16H2/p+1/t19-,20-/m1/s1. The highest BCUT2D eigenvalue weighted by Crippen LogP contribution is 2.38. The Kier molecular flexibility index (Phi) is 5.69. The number of hydrogen-bond donors (Lipinski definition) is 1. The van der Waals surface area contributed by atoms with Crippen LogP contribution < -0.4 is 9.64 Å². The van der Waals surface area contributed by atoms with E-state index in [4.69, 9.17) is 4.74 Å². The average molecular weight is 427 g/mol. The van der Waals surface area contributed by atoms with E-state index in [-0.39, 0.29) is 42.5 Å². The molecular weight excluding hydrogens is 394 g/mol. The Hall–Kier alpha value is -2.41. The molecule has 2 atom stereocenters. The zero-order valence-corrected chi connectivity index (χ0v) is 18.1. The molecule has 0 unspecified atom stereocenters. The number of hydrogen-bond acceptors (Lipinski definition) is 4. The molecule has 31 heavy (non-hydrogen) atoms. The third-order valence-corrected chi connectivity index (χ3v) is 7.51. The maximum absolute atomic E-state index is 12.7. The van der Waals surface area contributed by atoms with Crippen LogP contribution in [-0.4, -0.2) is 66.9 Å². The third-order valence-electron chi connectivity index (χ3n) is 7.51. The average Bonchev–Trinajstić information content (AvgIpc) is 3.35. The molecule has 166 valence electrons. The Morgan fingerprint density at radius 1 is 1.06 bits per heavy atom. The van der Waals surface area contributed by atoms with Crippen LogP contribution >= 0.6 is 0 Å². The van der Waals surface area contributed by atoms with Crippen molar-refractivity contribution >= 4 is 17.7 Å². The van der Waals surface area contributed by atoms with Gasteiger partial charge in [0.1, 0.15) is 12.3 Å². The monoisotopic (exact) mass is 426 g/mol. The number of quaternary nitrogens is 1. The van der Waals surface area contributed by atoms with E-state index < -0.39 is 0 Å². The fraction of sp³-hybridized carbons (Fsp3) is 0.625. The van der Waals surface area contributed by atoms with E-state index in [1.54, 1.807) is 0 Å². The van der Waals surface area contributed by atoms with Gasteiger partial charge >= 0.3 is 0 Å². The molecule has 5 rings (SSSR count). The summed E-state index contributed by atoms with van der Waals surface area (Å²) in [6.45, 7) is 5.30. The van der Waals surface area contributed by atoms with Crippen molar-refractivity contribution in [3.05, 3.63) is 29.3 Å². The Morgan fingerprint density at radius 3 is 2.48 bits per heavy atom. The lowest BCUT2D eigenvalue weighted by Crippen LogP contribution is -3.13. The number of amides is 3. The first-order valence-electron chi connectivity index (χ1n) is 11.8. The van der Waals surface area contributed by atoms with Crippen molar-refractivity contribution in [3.63, 3.8) is 0 Å². The number of nitrogens with zero attached hydrogens (tertiary/aromatic N) is 2. The normalized spacial score (nSPS) is 26.1. The minimum absolute atomic E-state index is 0.0449. The van der Waals surface area contributed by atoms with E-state index in [1.165, 1.54) is 20.9 Å². The number of rotatable bonds is 5. The van der Waals surface area contributed by atoms with Gasteiger partial charge in [0.25, 0.3) is 0 Å². The molecule has 3 amide bonds. The molecule has 1 aromatic carbocycles. The summed E-state index contributed by atoms with van der Waals surface area (Å²) >= 11 is 0. The maximum Gasteiger partial charge on any atom is 0.233 e. The first kappa shape index (κ1) is 20.5. The van der Waals surface area contributed by atoms with Crippen molar-refractivity contribution in [2.24, 2.45) is 11.8 Å². The van der Waals surface area contributed by atoms with Gasteiger partial charge in [-0.2, -0.15) is 0 Å². The number of imide groups is 1. The molecule has 7 heteroatoms. The molecule has 4 aliphatic rings. The highest BCUT2D eigenvalue weighted by atomic mass is 16.5. The van der Waals surface area contributed by atoms with Crippen molar-refractivity contribution in [1.29, 1.82) is 0 Å². The fourth-order valence-electron chi connectivity index (χ4n) is 5.70. The molecule has 0 bridgehead atoms. The predicted molar refractivity (Wildman–Crippen MR) is 113 cm³/mol. The topological polar surface area (TPSA) is 71.4 Å². The van der Waals surface area contributed by atoms with Crippen molar-refractivity contribution < 1.29 is 24.0 Å². The molecule has 3 fully saturated rings. The van der Waals surface area contributed by atoms with Crippen LogP contribution in [0, 0.1) is 11.8 Å². The number of carbonyl (C=O) groups excluding carboxylic acids is 3. The van der Waals surface area contributed by atoms with Gasteiger partial charge in [-0.25, -0.2) is 0 Å². The van der Waals surface area contributed by atoms with Gasteiger partial charge in [0.15, 0.2) is 0 Å². The molecular formula is C24H32N3O4+. The van der Waals surface area contributed by atoms with Gasteiger partial charge < -0.3 is 14.5 Å². The minimum Gasteiger partial charge on any atom is -0.493 e. The summed E-state index contributed by atoms with van der Waals surface area (Å²) in [5.41, 5.74) is 2.63. The maximum atomic E-state index is 12.7. The lowest BCUT2D eigenvalue weighted by molar-refractivity contribution is -0.917. The highest BCUT2D eigenvalue weighted by Gasteiger charge is 2.47. The smallest absolute Gasteiger partial charge is 0.233 e. The number of carbonyl (C=O) groups is 3. The number of nitrogens with one attached hydrogen (secondary N) is 1. The fourth-order valence-corrected chi connectivity index (χ4v) is 5.70. The van der Waals surface area contributed by atoms with Gasteiger partial charge in [-0.3, -0.25) is 19.3 Å². The second-order valence-corrected chi connectivity index (χ2v) is 9.42. The quantitative estimate of drug-likeness (QED) is 0.693. The Morgan fingerprint density at radius 2 is 1.77 bits per heavy atom. The molecule has 2 saturated heterocycles. The first-order chi connectivity index (χ1) is 15.1. The Balaban J connectivity index is 1.09. The summed E-state index contributed by atoms with van der Waals surface area (Å²) in [5, 5.41) is 0. The van der Waals surface area contributed by atoms with E-state index in [9.17, 15) is 14.4 Å². The molecule has 3 aliphatic heterocycles. The van der Waals surface area contributed by atoms with E-state index in [0.717, 1.165) is 77.2 Å². The molecule has 1 aromatic rings. The number of benzene rings is 1. The summed E-state index contributed by atoms with van der Waals surface area (Å²) in [6, 6.07) is 6.48. The van der Waals surface area contributed by atoms with Crippen LogP contribution in [0.25, 0.3) is 0 Å². The van der Waals surface area contributed by atoms with Crippen LogP contribution in [0.2, 0.25) is 0 Å². The lowest BCUT2D eigenvalue weighted by Gasteiger charge is -2.32. The van der Waals surface area contributed by atoms with Gasteiger partial charge in [0.05, 0.1) is 44.6 Å². The van der Waals surface area contributed by atoms with Crippen LogP contribution in [0.15, 0.2) is 18.2 Å². The number of fused-ring (bicyclic) bond motifs is 2. The van der Waals surface area contributed by atoms with Gasteiger partial charge in [-0.15, -0.1) is 0 Å². The molecule has 0 spiro atoms. The molecule has 3 heterocycles. The van der Waals surface area contributed by atoms with E-state index in [0.29, 0.717) is 0 Å². The van der Waals surface area contributed by atoms with Crippen LogP contribution in [-0.2, 0) is 27.3 Å². The number of ether oxygens (including phenoxy) is 1. The second kappa shape index (κ2) is 8.61. The molecule has 7 nitrogen and oxygen atoms in total. The minimum atomic E-state index is -0.130. The second-order valence-electron chi connectivity index (χ2n) is 9.42. The first-order valence-corrected chi connectivity index (χ1v) is 11.8. The summed E-state index contributed by atoms with van der Waals surface area (Å²) in [7, 11) is 0. The van der Waals surface area contributed by atoms with Crippen LogP contribution in [0.3, 0.4) is 0 Å². The zero-order valence-electron chi connectivity index (χ0n) is 18.1.